The van der Waals surface area contributed by atoms with Crippen LogP contribution >= 0.6 is 11.3 Å². The molecule has 1 saturated heterocycles. The summed E-state index contributed by atoms with van der Waals surface area (Å²) in [7, 11) is 1.77. The molecule has 6 nitrogen and oxygen atoms in total. The number of hydrogen-bond acceptors (Lipinski definition) is 6. The molecule has 0 saturated carbocycles. The number of rotatable bonds is 5. The van der Waals surface area contributed by atoms with Gasteiger partial charge in [-0.2, -0.15) is 0 Å². The normalized spacial score (nSPS) is 17.0. The molecule has 3 aromatic rings. The quantitative estimate of drug-likeness (QED) is 0.523. The van der Waals surface area contributed by atoms with E-state index in [1.807, 2.05) is 41.8 Å². The molecule has 1 aromatic heterocycles. The van der Waals surface area contributed by atoms with E-state index in [2.05, 4.69) is 22.3 Å². The van der Waals surface area contributed by atoms with Crippen LogP contribution in [0.2, 0.25) is 0 Å². The van der Waals surface area contributed by atoms with E-state index in [9.17, 15) is 14.7 Å². The summed E-state index contributed by atoms with van der Waals surface area (Å²) in [6.45, 7) is 3.44. The van der Waals surface area contributed by atoms with Crippen LogP contribution in [0.5, 0.6) is 0 Å². The lowest BCUT2D eigenvalue weighted by Crippen LogP contribution is -2.36. The third-order valence-electron chi connectivity index (χ3n) is 6.17. The third-order valence-corrected chi connectivity index (χ3v) is 7.19. The molecule has 2 aromatic carbocycles. The van der Waals surface area contributed by atoms with Gasteiger partial charge in [-0.1, -0.05) is 24.3 Å². The highest BCUT2D eigenvalue weighted by molar-refractivity contribution is 7.14. The monoisotopic (exact) mass is 464 g/mol. The van der Waals surface area contributed by atoms with Gasteiger partial charge in [0.1, 0.15) is 11.3 Å². The lowest BCUT2D eigenvalue weighted by atomic mass is 9.92. The molecule has 0 bridgehead atoms. The predicted molar refractivity (Wildman–Crippen MR) is 132 cm³/mol. The van der Waals surface area contributed by atoms with Crippen molar-refractivity contribution in [1.82, 2.24) is 0 Å². The maximum absolute atomic E-state index is 11.5. The van der Waals surface area contributed by atoms with Gasteiger partial charge >= 0.3 is 5.97 Å². The van der Waals surface area contributed by atoms with Gasteiger partial charge in [0.2, 0.25) is 0 Å². The number of hydrogen-bond donors (Lipinski definition) is 2. The van der Waals surface area contributed by atoms with E-state index >= 15 is 0 Å². The van der Waals surface area contributed by atoms with E-state index in [1.165, 1.54) is 28.2 Å². The van der Waals surface area contributed by atoms with Gasteiger partial charge in [0.15, 0.2) is 0 Å². The number of nitrogens with zero attached hydrogens (tertiary/aromatic N) is 1. The number of benzene rings is 2. The Bertz CT molecular complexity index is 1100. The smallest absolute Gasteiger partial charge is 0.339 e. The molecule has 1 atom stereocenters. The van der Waals surface area contributed by atoms with E-state index in [1.54, 1.807) is 7.05 Å². The summed E-state index contributed by atoms with van der Waals surface area (Å²) in [5.74, 6) is -0.620. The average Bonchev–Trinajstić information content (AvgIpc) is 3.49. The Morgan fingerprint density at radius 2 is 1.85 bits per heavy atom. The fraction of sp³-hybridized carbons (Fsp3) is 0.308. The second-order valence-corrected chi connectivity index (χ2v) is 8.93. The molecule has 7 heteroatoms. The molecule has 5 rings (SSSR count). The van der Waals surface area contributed by atoms with Crippen LogP contribution < -0.4 is 10.2 Å². The van der Waals surface area contributed by atoms with Crippen molar-refractivity contribution in [2.75, 3.05) is 43.6 Å². The minimum atomic E-state index is -0.843. The summed E-state index contributed by atoms with van der Waals surface area (Å²) in [5, 5.41) is 15.2. The standard InChI is InChI=1S/C15H15NO2S.C11H13NO2/c1-16-14-13(15(17)18)12(8-19-14)11-7-6-9-4-2-3-5-10(9)11;13-9-10-1-3-11(4-2-10)12-5-7-14-8-6-12/h2-5,8,11,16H,6-7H2,1H3,(H,17,18);1-4,9H,5-8H2. The SMILES string of the molecule is CNc1scc(C2CCc3ccccc32)c1C(=O)O.O=Cc1ccc(N2CCOCC2)cc1. The van der Waals surface area contributed by atoms with Crippen molar-refractivity contribution in [3.63, 3.8) is 0 Å². The summed E-state index contributed by atoms with van der Waals surface area (Å²) in [5.41, 5.74) is 5.91. The Kier molecular flexibility index (Phi) is 7.42. The first kappa shape index (κ1) is 23.0. The first-order valence-electron chi connectivity index (χ1n) is 11.1. The molecule has 1 unspecified atom stereocenters. The van der Waals surface area contributed by atoms with Crippen molar-refractivity contribution >= 4 is 34.3 Å². The number of carbonyl (C=O) groups excluding carboxylic acids is 1. The second kappa shape index (κ2) is 10.6. The third kappa shape index (κ3) is 5.10. The van der Waals surface area contributed by atoms with E-state index in [0.717, 1.165) is 61.6 Å². The Morgan fingerprint density at radius 3 is 2.52 bits per heavy atom. The van der Waals surface area contributed by atoms with Crippen LogP contribution in [0.1, 0.15) is 49.7 Å². The van der Waals surface area contributed by atoms with Crippen LogP contribution in [-0.2, 0) is 11.2 Å². The van der Waals surface area contributed by atoms with Crippen molar-refractivity contribution in [1.29, 1.82) is 0 Å². The lowest BCUT2D eigenvalue weighted by Gasteiger charge is -2.28. The highest BCUT2D eigenvalue weighted by atomic mass is 32.1. The maximum Gasteiger partial charge on any atom is 0.339 e. The summed E-state index contributed by atoms with van der Waals surface area (Å²) in [6.07, 6.45) is 2.90. The number of carboxylic acid groups (broad SMARTS) is 1. The van der Waals surface area contributed by atoms with Crippen molar-refractivity contribution in [2.24, 2.45) is 0 Å². The van der Waals surface area contributed by atoms with Gasteiger partial charge in [-0.05, 0) is 59.2 Å². The number of aromatic carboxylic acids is 1. The molecule has 1 fully saturated rings. The number of carbonyl (C=O) groups is 2. The van der Waals surface area contributed by atoms with E-state index in [0.29, 0.717) is 5.56 Å². The van der Waals surface area contributed by atoms with Crippen LogP contribution in [0.25, 0.3) is 0 Å². The fourth-order valence-electron chi connectivity index (χ4n) is 4.50. The van der Waals surface area contributed by atoms with Gasteiger partial charge in [-0.25, -0.2) is 4.79 Å². The Hall–Kier alpha value is -3.16. The van der Waals surface area contributed by atoms with Crippen LogP contribution in [0.3, 0.4) is 0 Å². The minimum absolute atomic E-state index is 0.223. The van der Waals surface area contributed by atoms with Crippen LogP contribution in [0.15, 0.2) is 53.9 Å². The van der Waals surface area contributed by atoms with Gasteiger partial charge < -0.3 is 20.1 Å². The van der Waals surface area contributed by atoms with Crippen molar-refractivity contribution in [3.8, 4) is 0 Å². The molecule has 33 heavy (non-hydrogen) atoms. The maximum atomic E-state index is 11.5. The van der Waals surface area contributed by atoms with E-state index in [4.69, 9.17) is 4.74 Å². The second-order valence-electron chi connectivity index (χ2n) is 8.05. The average molecular weight is 465 g/mol. The molecule has 2 heterocycles. The van der Waals surface area contributed by atoms with Crippen molar-refractivity contribution in [3.05, 3.63) is 81.7 Å². The molecule has 172 valence electrons. The summed E-state index contributed by atoms with van der Waals surface area (Å²) >= 11 is 1.47. The Morgan fingerprint density at radius 1 is 1.12 bits per heavy atom. The number of morpholine rings is 1. The van der Waals surface area contributed by atoms with E-state index < -0.39 is 5.97 Å². The zero-order valence-electron chi connectivity index (χ0n) is 18.6. The highest BCUT2D eigenvalue weighted by Gasteiger charge is 2.29. The summed E-state index contributed by atoms with van der Waals surface area (Å²) in [6, 6.07) is 16.0. The Labute approximate surface area is 197 Å². The van der Waals surface area contributed by atoms with Crippen LogP contribution in [-0.4, -0.2) is 50.7 Å². The number of aryl methyl sites for hydroxylation is 1. The fourth-order valence-corrected chi connectivity index (χ4v) is 5.47. The van der Waals surface area contributed by atoms with Gasteiger partial charge in [-0.3, -0.25) is 4.79 Å². The number of fused-ring (bicyclic) bond motifs is 1. The van der Waals surface area contributed by atoms with Crippen molar-refractivity contribution < 1.29 is 19.4 Å². The number of ether oxygens (including phenoxy) is 1. The molecule has 2 N–H and O–H groups in total. The van der Waals surface area contributed by atoms with Crippen molar-refractivity contribution in [2.45, 2.75) is 18.8 Å². The first-order chi connectivity index (χ1) is 16.1. The Balaban J connectivity index is 0.000000165. The van der Waals surface area contributed by atoms with Gasteiger partial charge in [0, 0.05) is 37.3 Å². The molecule has 1 aliphatic heterocycles. The topological polar surface area (TPSA) is 78.9 Å². The first-order valence-corrected chi connectivity index (χ1v) is 12.0. The largest absolute Gasteiger partial charge is 0.478 e. The van der Waals surface area contributed by atoms with E-state index in [-0.39, 0.29) is 5.92 Å². The van der Waals surface area contributed by atoms with Gasteiger partial charge in [-0.15, -0.1) is 11.3 Å². The molecule has 0 amide bonds. The van der Waals surface area contributed by atoms with Crippen LogP contribution in [0, 0.1) is 0 Å². The van der Waals surface area contributed by atoms with Crippen LogP contribution in [0.4, 0.5) is 10.7 Å². The number of anilines is 2. The minimum Gasteiger partial charge on any atom is -0.478 e. The highest BCUT2D eigenvalue weighted by Crippen LogP contribution is 2.43. The molecule has 1 aliphatic carbocycles. The molecule has 2 aliphatic rings. The molecular weight excluding hydrogens is 436 g/mol. The number of carboxylic acids is 1. The predicted octanol–water partition coefficient (Wildman–Crippen LogP) is 4.90. The van der Waals surface area contributed by atoms with Gasteiger partial charge in [0.05, 0.1) is 18.8 Å². The lowest BCUT2D eigenvalue weighted by molar-refractivity contribution is 0.0697. The summed E-state index contributed by atoms with van der Waals surface area (Å²) < 4.78 is 5.27. The number of aldehydes is 1. The summed E-state index contributed by atoms with van der Waals surface area (Å²) in [4.78, 5) is 24.2. The zero-order valence-corrected chi connectivity index (χ0v) is 19.4. The molecule has 0 radical (unpaired) electrons. The molecule has 0 spiro atoms. The number of nitrogens with one attached hydrogen (secondary N) is 1. The number of thiophene rings is 1. The van der Waals surface area contributed by atoms with Gasteiger partial charge in [0.25, 0.3) is 0 Å². The zero-order chi connectivity index (χ0) is 23.2. The molecular formula is C26H28N2O4S.